The molecule has 2 aromatic rings. The van der Waals surface area contributed by atoms with Crippen LogP contribution in [0, 0.1) is 0 Å². The van der Waals surface area contributed by atoms with Crippen molar-refractivity contribution in [2.75, 3.05) is 11.9 Å². The van der Waals surface area contributed by atoms with E-state index < -0.39 is 5.60 Å². The maximum atomic E-state index is 12.3. The van der Waals surface area contributed by atoms with E-state index in [0.29, 0.717) is 35.8 Å². The Labute approximate surface area is 147 Å². The molecular weight excluding hydrogens is 324 g/mol. The van der Waals surface area contributed by atoms with E-state index in [2.05, 4.69) is 10.6 Å². The lowest BCUT2D eigenvalue weighted by atomic mass is 10.0. The van der Waals surface area contributed by atoms with Crippen LogP contribution in [0.25, 0.3) is 0 Å². The Balaban J connectivity index is 1.98. The van der Waals surface area contributed by atoms with Gasteiger partial charge in [-0.15, -0.1) is 0 Å². The van der Waals surface area contributed by atoms with E-state index in [1.807, 2.05) is 31.2 Å². The summed E-state index contributed by atoms with van der Waals surface area (Å²) >= 11 is 6.05. The van der Waals surface area contributed by atoms with Gasteiger partial charge >= 0.3 is 0 Å². The largest absolute Gasteiger partial charge is 0.389 e. The lowest BCUT2D eigenvalue weighted by Gasteiger charge is -2.21. The molecule has 3 N–H and O–H groups in total. The Bertz CT molecular complexity index is 701. The minimum absolute atomic E-state index is 0.236. The number of hydrogen-bond acceptors (Lipinski definition) is 3. The van der Waals surface area contributed by atoms with Crippen molar-refractivity contribution in [3.8, 4) is 0 Å². The van der Waals surface area contributed by atoms with Gasteiger partial charge in [0.25, 0.3) is 5.91 Å². The minimum atomic E-state index is -0.712. The zero-order chi connectivity index (χ0) is 17.6. The van der Waals surface area contributed by atoms with Crippen molar-refractivity contribution < 1.29 is 9.90 Å². The van der Waals surface area contributed by atoms with Gasteiger partial charge in [0.1, 0.15) is 0 Å². The second kappa shape index (κ2) is 8.29. The lowest BCUT2D eigenvalue weighted by molar-refractivity contribution is 0.0555. The first-order valence-corrected chi connectivity index (χ1v) is 8.37. The van der Waals surface area contributed by atoms with E-state index >= 15 is 0 Å². The smallest absolute Gasteiger partial charge is 0.257 e. The summed E-state index contributed by atoms with van der Waals surface area (Å²) in [4.78, 5) is 12.3. The summed E-state index contributed by atoms with van der Waals surface area (Å²) in [5.41, 5.74) is 1.47. The Morgan fingerprint density at radius 2 is 1.96 bits per heavy atom. The molecule has 2 aromatic carbocycles. The zero-order valence-corrected chi connectivity index (χ0v) is 14.7. The summed E-state index contributed by atoms with van der Waals surface area (Å²) in [6, 6.07) is 14.5. The fourth-order valence-electron chi connectivity index (χ4n) is 2.20. The lowest BCUT2D eigenvalue weighted by Crippen LogP contribution is -2.36. The molecule has 1 atom stereocenters. The first-order valence-electron chi connectivity index (χ1n) is 7.99. The van der Waals surface area contributed by atoms with Gasteiger partial charge in [0.2, 0.25) is 0 Å². The van der Waals surface area contributed by atoms with Crippen LogP contribution < -0.4 is 10.6 Å². The predicted molar refractivity (Wildman–Crippen MR) is 98.5 cm³/mol. The molecule has 0 fully saturated rings. The number of anilines is 1. The second-order valence-corrected chi connectivity index (χ2v) is 6.50. The van der Waals surface area contributed by atoms with Crippen LogP contribution in [0.4, 0.5) is 5.69 Å². The number of carbonyl (C=O) groups excluding carboxylic acids is 1. The number of carbonyl (C=O) groups is 1. The molecule has 0 unspecified atom stereocenters. The van der Waals surface area contributed by atoms with Gasteiger partial charge in [-0.3, -0.25) is 4.79 Å². The Kier molecular flexibility index (Phi) is 6.37. The van der Waals surface area contributed by atoms with Gasteiger partial charge in [-0.2, -0.15) is 0 Å². The highest BCUT2D eigenvalue weighted by Gasteiger charge is 2.16. The van der Waals surface area contributed by atoms with Crippen molar-refractivity contribution in [1.29, 1.82) is 0 Å². The average molecular weight is 347 g/mol. The Hall–Kier alpha value is -1.88. The molecular formula is C19H23ClN2O2. The van der Waals surface area contributed by atoms with Crippen LogP contribution in [0.5, 0.6) is 0 Å². The highest BCUT2D eigenvalue weighted by Crippen LogP contribution is 2.18. The standard InChI is InChI=1S/C19H23ClN2O2/c1-3-19(2,24)13-21-12-14-7-6-8-15(11-14)22-18(23)16-9-4-5-10-17(16)20/h4-11,21,24H,3,12-13H2,1-2H3,(H,22,23)/t19-/m0/s1. The summed E-state index contributed by atoms with van der Waals surface area (Å²) in [6.45, 7) is 4.89. The van der Waals surface area contributed by atoms with Crippen molar-refractivity contribution >= 4 is 23.2 Å². The molecule has 5 heteroatoms. The van der Waals surface area contributed by atoms with E-state index in [1.54, 1.807) is 31.2 Å². The summed E-state index contributed by atoms with van der Waals surface area (Å²) < 4.78 is 0. The Morgan fingerprint density at radius 3 is 2.67 bits per heavy atom. The van der Waals surface area contributed by atoms with Crippen molar-refractivity contribution in [1.82, 2.24) is 5.32 Å². The highest BCUT2D eigenvalue weighted by atomic mass is 35.5. The number of aliphatic hydroxyl groups is 1. The molecule has 24 heavy (non-hydrogen) atoms. The topological polar surface area (TPSA) is 61.4 Å². The van der Waals surface area contributed by atoms with Crippen molar-refractivity contribution in [2.24, 2.45) is 0 Å². The number of nitrogens with one attached hydrogen (secondary N) is 2. The molecule has 2 rings (SSSR count). The van der Waals surface area contributed by atoms with Crippen LogP contribution in [0.2, 0.25) is 5.02 Å². The fourth-order valence-corrected chi connectivity index (χ4v) is 2.43. The number of halogens is 1. The SMILES string of the molecule is CC[C@](C)(O)CNCc1cccc(NC(=O)c2ccccc2Cl)c1. The number of benzene rings is 2. The fraction of sp³-hybridized carbons (Fsp3) is 0.316. The summed E-state index contributed by atoms with van der Waals surface area (Å²) in [7, 11) is 0. The molecule has 0 spiro atoms. The van der Waals surface area contributed by atoms with Crippen LogP contribution in [-0.4, -0.2) is 23.2 Å². The van der Waals surface area contributed by atoms with E-state index in [0.717, 1.165) is 5.56 Å². The van der Waals surface area contributed by atoms with Gasteiger partial charge in [-0.05, 0) is 43.2 Å². The average Bonchev–Trinajstić information content (AvgIpc) is 2.55. The van der Waals surface area contributed by atoms with Crippen molar-refractivity contribution in [3.63, 3.8) is 0 Å². The first-order chi connectivity index (χ1) is 11.4. The molecule has 0 saturated carbocycles. The van der Waals surface area contributed by atoms with Gasteiger partial charge in [0.05, 0.1) is 16.2 Å². The minimum Gasteiger partial charge on any atom is -0.389 e. The van der Waals surface area contributed by atoms with Crippen molar-refractivity contribution in [3.05, 3.63) is 64.7 Å². The molecule has 0 bridgehead atoms. The van der Waals surface area contributed by atoms with Gasteiger partial charge < -0.3 is 15.7 Å². The van der Waals surface area contributed by atoms with Crippen LogP contribution in [0.1, 0.15) is 36.2 Å². The van der Waals surface area contributed by atoms with Gasteiger partial charge in [0, 0.05) is 18.8 Å². The second-order valence-electron chi connectivity index (χ2n) is 6.09. The maximum absolute atomic E-state index is 12.3. The molecule has 0 aromatic heterocycles. The molecule has 0 heterocycles. The Morgan fingerprint density at radius 1 is 1.21 bits per heavy atom. The molecule has 1 amide bonds. The maximum Gasteiger partial charge on any atom is 0.257 e. The van der Waals surface area contributed by atoms with Gasteiger partial charge in [0.15, 0.2) is 0 Å². The zero-order valence-electron chi connectivity index (χ0n) is 14.0. The number of rotatable bonds is 7. The number of amides is 1. The molecule has 128 valence electrons. The van der Waals surface area contributed by atoms with Crippen LogP contribution in [0.15, 0.2) is 48.5 Å². The summed E-state index contributed by atoms with van der Waals surface area (Å²) in [5.74, 6) is -0.236. The van der Waals surface area contributed by atoms with E-state index in [1.165, 1.54) is 0 Å². The third kappa shape index (κ3) is 5.34. The third-order valence-electron chi connectivity index (χ3n) is 3.90. The van der Waals surface area contributed by atoms with Crippen LogP contribution in [-0.2, 0) is 6.54 Å². The first kappa shape index (κ1) is 18.5. The van der Waals surface area contributed by atoms with Gasteiger partial charge in [-0.1, -0.05) is 42.8 Å². The third-order valence-corrected chi connectivity index (χ3v) is 4.23. The normalized spacial score (nSPS) is 13.3. The quantitative estimate of drug-likeness (QED) is 0.713. The summed E-state index contributed by atoms with van der Waals surface area (Å²) in [5, 5.41) is 16.5. The monoisotopic (exact) mass is 346 g/mol. The van der Waals surface area contributed by atoms with Crippen LogP contribution >= 0.6 is 11.6 Å². The van der Waals surface area contributed by atoms with E-state index in [-0.39, 0.29) is 5.91 Å². The molecule has 4 nitrogen and oxygen atoms in total. The highest BCUT2D eigenvalue weighted by molar-refractivity contribution is 6.34. The van der Waals surface area contributed by atoms with Gasteiger partial charge in [-0.25, -0.2) is 0 Å². The van der Waals surface area contributed by atoms with E-state index in [9.17, 15) is 9.90 Å². The van der Waals surface area contributed by atoms with Crippen LogP contribution in [0.3, 0.4) is 0 Å². The predicted octanol–water partition coefficient (Wildman–Crippen LogP) is 3.84. The molecule has 0 aliphatic rings. The molecule has 0 aliphatic heterocycles. The summed E-state index contributed by atoms with van der Waals surface area (Å²) in [6.07, 6.45) is 0.688. The number of hydrogen-bond donors (Lipinski definition) is 3. The van der Waals surface area contributed by atoms with E-state index in [4.69, 9.17) is 11.6 Å². The van der Waals surface area contributed by atoms with Crippen molar-refractivity contribution in [2.45, 2.75) is 32.4 Å². The molecule has 0 saturated heterocycles. The molecule has 0 radical (unpaired) electrons. The molecule has 0 aliphatic carbocycles.